The van der Waals surface area contributed by atoms with Crippen LogP contribution in [0.25, 0.3) is 10.8 Å². The summed E-state index contributed by atoms with van der Waals surface area (Å²) in [5.74, 6) is 0. The molecule has 0 atom stereocenters. The quantitative estimate of drug-likeness (QED) is 0.783. The van der Waals surface area contributed by atoms with Gasteiger partial charge in [0.2, 0.25) is 0 Å². The lowest BCUT2D eigenvalue weighted by Gasteiger charge is -2.24. The summed E-state index contributed by atoms with van der Waals surface area (Å²) in [7, 11) is 0. The van der Waals surface area contributed by atoms with E-state index in [9.17, 15) is 0 Å². The maximum atomic E-state index is 6.52. The third kappa shape index (κ3) is 1.75. The Morgan fingerprint density at radius 1 is 1.06 bits per heavy atom. The Labute approximate surface area is 103 Å². The maximum Gasteiger partial charge on any atom is 0.0409 e. The van der Waals surface area contributed by atoms with Gasteiger partial charge >= 0.3 is 0 Å². The number of fused-ring (bicyclic) bond motifs is 1. The summed E-state index contributed by atoms with van der Waals surface area (Å²) in [5.41, 5.74) is 9.10. The minimum Gasteiger partial charge on any atom is -0.321 e. The standard InChI is InChI=1S/C16H19N/c1-12-5-4-6-13-7-8-14(11-15(12)13)16(17)9-2-3-10-16/h4-8,11H,2-3,9-10,17H2,1H3. The van der Waals surface area contributed by atoms with E-state index >= 15 is 0 Å². The molecule has 1 fully saturated rings. The average Bonchev–Trinajstić information content (AvgIpc) is 2.78. The molecule has 0 radical (unpaired) electrons. The molecule has 1 heteroatoms. The number of hydrogen-bond donors (Lipinski definition) is 1. The van der Waals surface area contributed by atoms with E-state index in [1.54, 1.807) is 0 Å². The normalized spacial score (nSPS) is 18.7. The van der Waals surface area contributed by atoms with Crippen LogP contribution in [-0.4, -0.2) is 0 Å². The van der Waals surface area contributed by atoms with Crippen molar-refractivity contribution in [3.05, 3.63) is 47.5 Å². The van der Waals surface area contributed by atoms with Crippen LogP contribution in [0.1, 0.15) is 36.8 Å². The smallest absolute Gasteiger partial charge is 0.0409 e. The second-order valence-electron chi connectivity index (χ2n) is 5.37. The van der Waals surface area contributed by atoms with Crippen LogP contribution in [0.4, 0.5) is 0 Å². The van der Waals surface area contributed by atoms with Crippen molar-refractivity contribution in [3.8, 4) is 0 Å². The van der Waals surface area contributed by atoms with Crippen molar-refractivity contribution in [2.45, 2.75) is 38.1 Å². The third-order valence-electron chi connectivity index (χ3n) is 4.17. The van der Waals surface area contributed by atoms with Gasteiger partial charge in [0, 0.05) is 5.54 Å². The van der Waals surface area contributed by atoms with Crippen LogP contribution in [0.2, 0.25) is 0 Å². The van der Waals surface area contributed by atoms with Crippen molar-refractivity contribution in [1.82, 2.24) is 0 Å². The van der Waals surface area contributed by atoms with E-state index < -0.39 is 0 Å². The Hall–Kier alpha value is -1.34. The molecular weight excluding hydrogens is 206 g/mol. The predicted octanol–water partition coefficient (Wildman–Crippen LogP) is 3.88. The topological polar surface area (TPSA) is 26.0 Å². The average molecular weight is 225 g/mol. The highest BCUT2D eigenvalue weighted by atomic mass is 14.8. The molecule has 3 rings (SSSR count). The van der Waals surface area contributed by atoms with Gasteiger partial charge < -0.3 is 5.73 Å². The summed E-state index contributed by atoms with van der Waals surface area (Å²) in [6.07, 6.45) is 4.79. The van der Waals surface area contributed by atoms with Gasteiger partial charge in [0.1, 0.15) is 0 Å². The van der Waals surface area contributed by atoms with E-state index in [-0.39, 0.29) is 5.54 Å². The first-order chi connectivity index (χ1) is 8.19. The number of nitrogens with two attached hydrogens (primary N) is 1. The van der Waals surface area contributed by atoms with Crippen molar-refractivity contribution >= 4 is 10.8 Å². The molecule has 0 aliphatic heterocycles. The van der Waals surface area contributed by atoms with Gasteiger partial charge in [-0.25, -0.2) is 0 Å². The molecule has 0 unspecified atom stereocenters. The monoisotopic (exact) mass is 225 g/mol. The summed E-state index contributed by atoms with van der Waals surface area (Å²) in [5, 5.41) is 2.66. The minimum absolute atomic E-state index is 0.0729. The first-order valence-corrected chi connectivity index (χ1v) is 6.48. The van der Waals surface area contributed by atoms with Gasteiger partial charge in [-0.2, -0.15) is 0 Å². The van der Waals surface area contributed by atoms with Crippen molar-refractivity contribution in [2.24, 2.45) is 5.73 Å². The lowest BCUT2D eigenvalue weighted by Crippen LogP contribution is -2.32. The molecule has 0 heterocycles. The molecule has 1 nitrogen and oxygen atoms in total. The Morgan fingerprint density at radius 2 is 1.82 bits per heavy atom. The molecule has 0 saturated heterocycles. The molecule has 0 amide bonds. The van der Waals surface area contributed by atoms with Crippen LogP contribution < -0.4 is 5.73 Å². The van der Waals surface area contributed by atoms with E-state index in [4.69, 9.17) is 5.73 Å². The minimum atomic E-state index is -0.0729. The largest absolute Gasteiger partial charge is 0.321 e. The second-order valence-corrected chi connectivity index (χ2v) is 5.37. The van der Waals surface area contributed by atoms with Crippen LogP contribution in [0.5, 0.6) is 0 Å². The molecule has 0 spiro atoms. The SMILES string of the molecule is Cc1cccc2ccc(C3(N)CCCC3)cc12. The summed E-state index contributed by atoms with van der Waals surface area (Å²) in [4.78, 5) is 0. The fraction of sp³-hybridized carbons (Fsp3) is 0.375. The first-order valence-electron chi connectivity index (χ1n) is 6.48. The molecule has 2 aromatic rings. The summed E-state index contributed by atoms with van der Waals surface area (Å²) in [6, 6.07) is 13.2. The van der Waals surface area contributed by atoms with E-state index in [2.05, 4.69) is 43.3 Å². The van der Waals surface area contributed by atoms with Crippen molar-refractivity contribution in [3.63, 3.8) is 0 Å². The molecule has 0 bridgehead atoms. The molecule has 1 aliphatic carbocycles. The zero-order chi connectivity index (χ0) is 11.9. The first kappa shape index (κ1) is 10.8. The second kappa shape index (κ2) is 3.85. The highest BCUT2D eigenvalue weighted by molar-refractivity contribution is 5.86. The molecule has 1 saturated carbocycles. The van der Waals surface area contributed by atoms with Crippen molar-refractivity contribution in [1.29, 1.82) is 0 Å². The molecular formula is C16H19N. The summed E-state index contributed by atoms with van der Waals surface area (Å²) in [6.45, 7) is 2.17. The van der Waals surface area contributed by atoms with Gasteiger partial charge in [-0.15, -0.1) is 0 Å². The summed E-state index contributed by atoms with van der Waals surface area (Å²) < 4.78 is 0. The Morgan fingerprint density at radius 3 is 2.59 bits per heavy atom. The predicted molar refractivity (Wildman–Crippen MR) is 73.0 cm³/mol. The van der Waals surface area contributed by atoms with Gasteiger partial charge in [-0.1, -0.05) is 43.2 Å². The van der Waals surface area contributed by atoms with Crippen molar-refractivity contribution in [2.75, 3.05) is 0 Å². The molecule has 17 heavy (non-hydrogen) atoms. The highest BCUT2D eigenvalue weighted by Crippen LogP contribution is 2.37. The van der Waals surface area contributed by atoms with E-state index in [1.807, 2.05) is 0 Å². The molecule has 1 aliphatic rings. The number of hydrogen-bond acceptors (Lipinski definition) is 1. The number of rotatable bonds is 1. The van der Waals surface area contributed by atoms with Crippen LogP contribution >= 0.6 is 0 Å². The zero-order valence-electron chi connectivity index (χ0n) is 10.4. The Balaban J connectivity index is 2.16. The lowest BCUT2D eigenvalue weighted by atomic mass is 9.87. The van der Waals surface area contributed by atoms with Gasteiger partial charge in [0.25, 0.3) is 0 Å². The lowest BCUT2D eigenvalue weighted by molar-refractivity contribution is 0.462. The van der Waals surface area contributed by atoms with Gasteiger partial charge in [0.05, 0.1) is 0 Å². The third-order valence-corrected chi connectivity index (χ3v) is 4.17. The summed E-state index contributed by atoms with van der Waals surface area (Å²) >= 11 is 0. The number of aryl methyl sites for hydroxylation is 1. The van der Waals surface area contributed by atoms with E-state index in [1.165, 1.54) is 34.7 Å². The van der Waals surface area contributed by atoms with Crippen LogP contribution in [0.15, 0.2) is 36.4 Å². The van der Waals surface area contributed by atoms with Crippen LogP contribution in [0.3, 0.4) is 0 Å². The van der Waals surface area contributed by atoms with Crippen LogP contribution in [0, 0.1) is 6.92 Å². The molecule has 88 valence electrons. The highest BCUT2D eigenvalue weighted by Gasteiger charge is 2.31. The number of benzene rings is 2. The van der Waals surface area contributed by atoms with Gasteiger partial charge in [-0.3, -0.25) is 0 Å². The fourth-order valence-electron chi connectivity index (χ4n) is 3.03. The van der Waals surface area contributed by atoms with Crippen LogP contribution in [-0.2, 0) is 5.54 Å². The van der Waals surface area contributed by atoms with Crippen molar-refractivity contribution < 1.29 is 0 Å². The van der Waals surface area contributed by atoms with Gasteiger partial charge in [-0.05, 0) is 47.7 Å². The van der Waals surface area contributed by atoms with E-state index in [0.717, 1.165) is 12.8 Å². The van der Waals surface area contributed by atoms with E-state index in [0.29, 0.717) is 0 Å². The molecule has 2 aromatic carbocycles. The molecule has 2 N–H and O–H groups in total. The fourth-order valence-corrected chi connectivity index (χ4v) is 3.03. The Kier molecular flexibility index (Phi) is 2.44. The molecule has 0 aromatic heterocycles. The van der Waals surface area contributed by atoms with Gasteiger partial charge in [0.15, 0.2) is 0 Å². The zero-order valence-corrected chi connectivity index (χ0v) is 10.4. The maximum absolute atomic E-state index is 6.52. The Bertz CT molecular complexity index is 550.